The SMILES string of the molecule is [B]C(Cl)=CCl. The van der Waals surface area contributed by atoms with Gasteiger partial charge in [0, 0.05) is 5.54 Å². The van der Waals surface area contributed by atoms with Crippen LogP contribution >= 0.6 is 23.2 Å². The smallest absolute Gasteiger partial charge is 0.101 e. The average Bonchev–Trinajstić information content (AvgIpc) is 1.38. The molecule has 26 valence electrons. The summed E-state index contributed by atoms with van der Waals surface area (Å²) in [6.45, 7) is 0. The summed E-state index contributed by atoms with van der Waals surface area (Å²) in [7, 11) is 4.79. The molecule has 0 aliphatic rings. The van der Waals surface area contributed by atoms with Gasteiger partial charge in [-0.15, -0.1) is 11.6 Å². The van der Waals surface area contributed by atoms with Gasteiger partial charge >= 0.3 is 0 Å². The van der Waals surface area contributed by atoms with Gasteiger partial charge in [-0.25, -0.2) is 0 Å². The van der Waals surface area contributed by atoms with Gasteiger partial charge in [-0.2, -0.15) is 0 Å². The van der Waals surface area contributed by atoms with E-state index in [4.69, 9.17) is 31.0 Å². The van der Waals surface area contributed by atoms with E-state index in [2.05, 4.69) is 0 Å². The van der Waals surface area contributed by atoms with Crippen LogP contribution in [0.3, 0.4) is 0 Å². The van der Waals surface area contributed by atoms with E-state index >= 15 is 0 Å². The highest BCUT2D eigenvalue weighted by molar-refractivity contribution is 6.55. The molecule has 0 unspecified atom stereocenters. The molecule has 0 fully saturated rings. The van der Waals surface area contributed by atoms with Gasteiger partial charge < -0.3 is 0 Å². The highest BCUT2D eigenvalue weighted by atomic mass is 35.5. The molecule has 0 spiro atoms. The number of rotatable bonds is 0. The number of hydrogen-bond donors (Lipinski definition) is 0. The lowest BCUT2D eigenvalue weighted by molar-refractivity contribution is 2.36. The van der Waals surface area contributed by atoms with E-state index in [1.807, 2.05) is 0 Å². The standard InChI is InChI=1S/C2HBCl2/c3-2(5)1-4/h1H. The highest BCUT2D eigenvalue weighted by Gasteiger charge is 1.66. The molecule has 0 bridgehead atoms. The summed E-state index contributed by atoms with van der Waals surface area (Å²) < 4.78 is 0. The van der Waals surface area contributed by atoms with Crippen molar-refractivity contribution in [3.63, 3.8) is 0 Å². The maximum Gasteiger partial charge on any atom is 0.132 e. The van der Waals surface area contributed by atoms with E-state index in [0.717, 1.165) is 5.54 Å². The van der Waals surface area contributed by atoms with Crippen molar-refractivity contribution in [1.29, 1.82) is 0 Å². The summed E-state index contributed by atoms with van der Waals surface area (Å²) in [5.74, 6) is 0. The topological polar surface area (TPSA) is 0 Å². The van der Waals surface area contributed by atoms with Crippen LogP contribution in [0.1, 0.15) is 0 Å². The van der Waals surface area contributed by atoms with Gasteiger partial charge in [-0.3, -0.25) is 0 Å². The average molecular weight is 107 g/mol. The summed E-state index contributed by atoms with van der Waals surface area (Å²) in [5.41, 5.74) is 1.10. The molecular weight excluding hydrogens is 106 g/mol. The first-order valence-electron chi connectivity index (χ1n) is 0.985. The Balaban J connectivity index is 3.14. The highest BCUT2D eigenvalue weighted by Crippen LogP contribution is 1.92. The van der Waals surface area contributed by atoms with Gasteiger partial charge in [-0.1, -0.05) is 11.6 Å². The second-order valence-corrected chi connectivity index (χ2v) is 1.15. The monoisotopic (exact) mass is 106 g/mol. The maximum atomic E-state index is 4.97. The lowest BCUT2D eigenvalue weighted by atomic mass is 10.2. The van der Waals surface area contributed by atoms with E-state index in [1.165, 1.54) is 0 Å². The second kappa shape index (κ2) is 2.61. The minimum atomic E-state index is 0.117. The predicted octanol–water partition coefficient (Wildman–Crippen LogP) is 1.43. The molecule has 0 N–H and O–H groups in total. The first kappa shape index (κ1) is 5.38. The van der Waals surface area contributed by atoms with Crippen LogP contribution in [0.2, 0.25) is 0 Å². The number of halogens is 2. The largest absolute Gasteiger partial charge is 0.132 e. The lowest BCUT2D eigenvalue weighted by Crippen LogP contribution is -1.55. The van der Waals surface area contributed by atoms with Crippen LogP contribution < -0.4 is 0 Å². The van der Waals surface area contributed by atoms with Crippen LogP contribution in [0.25, 0.3) is 0 Å². The van der Waals surface area contributed by atoms with Crippen molar-refractivity contribution < 1.29 is 0 Å². The number of hydrogen-bond acceptors (Lipinski definition) is 0. The summed E-state index contributed by atoms with van der Waals surface area (Å²) in [6, 6.07) is 0. The van der Waals surface area contributed by atoms with Crippen molar-refractivity contribution in [2.75, 3.05) is 0 Å². The zero-order valence-corrected chi connectivity index (χ0v) is 3.92. The third-order valence-corrected chi connectivity index (χ3v) is 0.560. The Kier molecular flexibility index (Phi) is 2.81. The van der Waals surface area contributed by atoms with Crippen LogP contribution in [0, 0.1) is 0 Å². The Morgan fingerprint density at radius 1 is 1.80 bits per heavy atom. The Labute approximate surface area is 42.2 Å². The van der Waals surface area contributed by atoms with Crippen LogP contribution in [-0.2, 0) is 0 Å². The van der Waals surface area contributed by atoms with Crippen LogP contribution in [-0.4, -0.2) is 7.85 Å². The molecule has 0 heterocycles. The Bertz CT molecular complexity index is 45.6. The predicted molar refractivity (Wildman–Crippen MR) is 25.5 cm³/mol. The first-order valence-corrected chi connectivity index (χ1v) is 1.80. The molecule has 0 amide bonds. The van der Waals surface area contributed by atoms with Crippen LogP contribution in [0.15, 0.2) is 10.5 Å². The van der Waals surface area contributed by atoms with E-state index in [1.54, 1.807) is 0 Å². The van der Waals surface area contributed by atoms with Crippen molar-refractivity contribution >= 4 is 31.0 Å². The Hall–Kier alpha value is 0.385. The fourth-order valence-electron chi connectivity index (χ4n) is 0. The van der Waals surface area contributed by atoms with Crippen molar-refractivity contribution in [1.82, 2.24) is 0 Å². The zero-order valence-electron chi connectivity index (χ0n) is 2.41. The minimum Gasteiger partial charge on any atom is -0.101 e. The van der Waals surface area contributed by atoms with E-state index in [-0.39, 0.29) is 4.93 Å². The van der Waals surface area contributed by atoms with Gasteiger partial charge in [0.25, 0.3) is 0 Å². The molecule has 0 saturated carbocycles. The van der Waals surface area contributed by atoms with Gasteiger partial charge in [0.2, 0.25) is 0 Å². The summed E-state index contributed by atoms with van der Waals surface area (Å²) in [6.07, 6.45) is 0. The lowest BCUT2D eigenvalue weighted by Gasteiger charge is -1.68. The minimum absolute atomic E-state index is 0.117. The van der Waals surface area contributed by atoms with E-state index in [9.17, 15) is 0 Å². The molecular formula is C2HBCl2. The third kappa shape index (κ3) is 4.38. The molecule has 0 nitrogen and oxygen atoms in total. The molecule has 5 heavy (non-hydrogen) atoms. The van der Waals surface area contributed by atoms with Gasteiger partial charge in [0.05, 0.1) is 0 Å². The van der Waals surface area contributed by atoms with E-state index in [0.29, 0.717) is 0 Å². The van der Waals surface area contributed by atoms with Crippen molar-refractivity contribution in [2.24, 2.45) is 0 Å². The van der Waals surface area contributed by atoms with Gasteiger partial charge in [-0.05, 0) is 4.93 Å². The zero-order chi connectivity index (χ0) is 4.28. The third-order valence-electron chi connectivity index (χ3n) is 0.104. The Morgan fingerprint density at radius 2 is 2.00 bits per heavy atom. The van der Waals surface area contributed by atoms with Crippen LogP contribution in [0.4, 0.5) is 0 Å². The second-order valence-electron chi connectivity index (χ2n) is 0.494. The van der Waals surface area contributed by atoms with Gasteiger partial charge in [0.15, 0.2) is 0 Å². The quantitative estimate of drug-likeness (QED) is 0.410. The van der Waals surface area contributed by atoms with Crippen molar-refractivity contribution in [3.05, 3.63) is 10.5 Å². The van der Waals surface area contributed by atoms with E-state index < -0.39 is 0 Å². The normalized spacial score (nSPS) is 12.0. The van der Waals surface area contributed by atoms with Gasteiger partial charge in [0.1, 0.15) is 7.85 Å². The fraction of sp³-hybridized carbons (Fsp3) is 0. The van der Waals surface area contributed by atoms with Crippen molar-refractivity contribution in [3.8, 4) is 0 Å². The Morgan fingerprint density at radius 3 is 2.00 bits per heavy atom. The first-order chi connectivity index (χ1) is 2.27. The summed E-state index contributed by atoms with van der Waals surface area (Å²) in [5, 5.41) is 0. The molecule has 0 aromatic rings. The molecule has 3 heteroatoms. The fourth-order valence-corrected chi connectivity index (χ4v) is 0. The molecule has 0 saturated heterocycles. The molecule has 0 atom stereocenters. The summed E-state index contributed by atoms with van der Waals surface area (Å²) >= 11 is 9.89. The molecule has 0 aromatic heterocycles. The molecule has 0 aliphatic carbocycles. The summed E-state index contributed by atoms with van der Waals surface area (Å²) in [4.78, 5) is 0.117. The molecule has 0 aromatic carbocycles. The van der Waals surface area contributed by atoms with Crippen molar-refractivity contribution in [2.45, 2.75) is 0 Å². The van der Waals surface area contributed by atoms with Crippen LogP contribution in [0.5, 0.6) is 0 Å². The molecule has 2 radical (unpaired) electrons. The molecule has 0 rings (SSSR count). The molecule has 0 aliphatic heterocycles. The maximum absolute atomic E-state index is 4.97.